The zero-order valence-electron chi connectivity index (χ0n) is 14.7. The maximum atomic E-state index is 12.4. The molecule has 0 unspecified atom stereocenters. The van der Waals surface area contributed by atoms with Gasteiger partial charge in [0, 0.05) is 49.3 Å². The third-order valence-electron chi connectivity index (χ3n) is 4.13. The van der Waals surface area contributed by atoms with Crippen molar-refractivity contribution in [2.75, 3.05) is 0 Å². The van der Waals surface area contributed by atoms with Crippen LogP contribution in [-0.2, 0) is 24.4 Å². The monoisotopic (exact) mass is 368 g/mol. The number of hydrogen-bond donors (Lipinski definition) is 0. The van der Waals surface area contributed by atoms with Crippen LogP contribution in [-0.4, -0.2) is 25.3 Å². The Kier molecular flexibility index (Phi) is 6.02. The number of hydrogen-bond acceptors (Lipinski definition) is 3. The van der Waals surface area contributed by atoms with E-state index in [1.165, 1.54) is 0 Å². The van der Waals surface area contributed by atoms with E-state index in [-0.39, 0.29) is 5.91 Å². The number of carbonyl (C=O) groups excluding carboxylic acids is 1. The molecule has 0 radical (unpaired) electrons. The fraction of sp³-hybridized carbons (Fsp3) is 0.250. The van der Waals surface area contributed by atoms with Crippen molar-refractivity contribution in [2.45, 2.75) is 33.0 Å². The summed E-state index contributed by atoms with van der Waals surface area (Å²) >= 11 is 6.08. The summed E-state index contributed by atoms with van der Waals surface area (Å²) < 4.78 is 2.05. The van der Waals surface area contributed by atoms with E-state index in [0.29, 0.717) is 31.1 Å². The van der Waals surface area contributed by atoms with Crippen molar-refractivity contribution < 1.29 is 4.79 Å². The van der Waals surface area contributed by atoms with E-state index < -0.39 is 0 Å². The van der Waals surface area contributed by atoms with Crippen molar-refractivity contribution in [3.05, 3.63) is 83.2 Å². The minimum atomic E-state index is 0.0890. The van der Waals surface area contributed by atoms with Gasteiger partial charge in [0.05, 0.1) is 6.54 Å². The van der Waals surface area contributed by atoms with Gasteiger partial charge in [-0.3, -0.25) is 9.78 Å². The molecule has 6 heteroatoms. The minimum absolute atomic E-state index is 0.0890. The zero-order chi connectivity index (χ0) is 18.4. The molecule has 2 aromatic heterocycles. The highest BCUT2D eigenvalue weighted by molar-refractivity contribution is 6.30. The Morgan fingerprint density at radius 1 is 1.15 bits per heavy atom. The average molecular weight is 369 g/mol. The van der Waals surface area contributed by atoms with Gasteiger partial charge in [-0.1, -0.05) is 36.7 Å². The first-order chi connectivity index (χ1) is 12.7. The van der Waals surface area contributed by atoms with E-state index >= 15 is 0 Å². The van der Waals surface area contributed by atoms with Gasteiger partial charge in [-0.15, -0.1) is 0 Å². The number of pyridine rings is 1. The lowest BCUT2D eigenvalue weighted by Crippen LogP contribution is -2.30. The molecule has 0 spiro atoms. The molecule has 1 aromatic carbocycles. The van der Waals surface area contributed by atoms with Crippen LogP contribution in [0.15, 0.2) is 61.2 Å². The number of rotatable bonds is 7. The van der Waals surface area contributed by atoms with Crippen LogP contribution < -0.4 is 0 Å². The molecular weight excluding hydrogens is 348 g/mol. The Morgan fingerprint density at radius 2 is 2.00 bits per heavy atom. The summed E-state index contributed by atoms with van der Waals surface area (Å²) in [7, 11) is 0. The molecule has 0 fully saturated rings. The lowest BCUT2D eigenvalue weighted by Gasteiger charge is -2.22. The van der Waals surface area contributed by atoms with Crippen molar-refractivity contribution >= 4 is 17.5 Å². The molecule has 134 valence electrons. The molecule has 3 rings (SSSR count). The normalized spacial score (nSPS) is 10.7. The average Bonchev–Trinajstić information content (AvgIpc) is 3.08. The molecular formula is C20H21ClN4O. The number of carbonyl (C=O) groups is 1. The van der Waals surface area contributed by atoms with Gasteiger partial charge in [0.15, 0.2) is 0 Å². The topological polar surface area (TPSA) is 51.0 Å². The van der Waals surface area contributed by atoms with E-state index in [1.54, 1.807) is 18.6 Å². The lowest BCUT2D eigenvalue weighted by atomic mass is 10.2. The first-order valence-corrected chi connectivity index (χ1v) is 8.94. The van der Waals surface area contributed by atoms with Gasteiger partial charge in [-0.05, 0) is 29.3 Å². The lowest BCUT2D eigenvalue weighted by molar-refractivity contribution is -0.132. The van der Waals surface area contributed by atoms with Gasteiger partial charge in [-0.25, -0.2) is 4.98 Å². The maximum absolute atomic E-state index is 12.4. The molecule has 5 nitrogen and oxygen atoms in total. The first kappa shape index (κ1) is 18.1. The van der Waals surface area contributed by atoms with Gasteiger partial charge in [-0.2, -0.15) is 0 Å². The van der Waals surface area contributed by atoms with Crippen LogP contribution in [0.2, 0.25) is 5.02 Å². The molecule has 0 aliphatic rings. The molecule has 0 aliphatic heterocycles. The molecule has 0 saturated heterocycles. The van der Waals surface area contributed by atoms with Gasteiger partial charge in [0.2, 0.25) is 5.91 Å². The summed E-state index contributed by atoms with van der Waals surface area (Å²) in [5.41, 5.74) is 2.10. The Bertz CT molecular complexity index is 863. The van der Waals surface area contributed by atoms with Crippen molar-refractivity contribution in [3.63, 3.8) is 0 Å². The van der Waals surface area contributed by atoms with Gasteiger partial charge >= 0.3 is 0 Å². The number of amides is 1. The second-order valence-corrected chi connectivity index (χ2v) is 6.50. The Labute approximate surface area is 158 Å². The van der Waals surface area contributed by atoms with Gasteiger partial charge < -0.3 is 9.47 Å². The van der Waals surface area contributed by atoms with E-state index in [1.807, 2.05) is 59.0 Å². The second kappa shape index (κ2) is 8.63. The van der Waals surface area contributed by atoms with E-state index in [0.717, 1.165) is 17.0 Å². The maximum Gasteiger partial charge on any atom is 0.222 e. The molecule has 0 bridgehead atoms. The summed E-state index contributed by atoms with van der Waals surface area (Å²) in [4.78, 5) is 22.8. The number of aromatic nitrogens is 3. The van der Waals surface area contributed by atoms with Crippen LogP contribution in [0.3, 0.4) is 0 Å². The summed E-state index contributed by atoms with van der Waals surface area (Å²) in [5.74, 6) is 0.932. The number of imidazole rings is 1. The fourth-order valence-electron chi connectivity index (χ4n) is 2.81. The highest BCUT2D eigenvalue weighted by atomic mass is 35.5. The summed E-state index contributed by atoms with van der Waals surface area (Å²) in [6, 6.07) is 11.6. The van der Waals surface area contributed by atoms with Crippen LogP contribution in [0.5, 0.6) is 0 Å². The van der Waals surface area contributed by atoms with Crippen molar-refractivity contribution in [3.8, 4) is 0 Å². The minimum Gasteiger partial charge on any atom is -0.331 e. The smallest absolute Gasteiger partial charge is 0.222 e. The number of halogens is 1. The Balaban J connectivity index is 1.77. The van der Waals surface area contributed by atoms with Crippen molar-refractivity contribution in [2.24, 2.45) is 0 Å². The molecule has 3 aromatic rings. The van der Waals surface area contributed by atoms with Crippen LogP contribution in [0, 0.1) is 0 Å². The molecule has 0 saturated carbocycles. The highest BCUT2D eigenvalue weighted by Crippen LogP contribution is 2.15. The van der Waals surface area contributed by atoms with E-state index in [2.05, 4.69) is 9.97 Å². The van der Waals surface area contributed by atoms with E-state index in [9.17, 15) is 4.79 Å². The largest absolute Gasteiger partial charge is 0.331 e. The summed E-state index contributed by atoms with van der Waals surface area (Å²) in [5, 5.41) is 0.712. The number of nitrogens with zero attached hydrogens (tertiary/aromatic N) is 4. The molecule has 26 heavy (non-hydrogen) atoms. The summed E-state index contributed by atoms with van der Waals surface area (Å²) in [6.45, 7) is 3.51. The molecule has 0 atom stereocenters. The van der Waals surface area contributed by atoms with Gasteiger partial charge in [0.25, 0.3) is 0 Å². The standard InChI is InChI=1S/C20H21ClN4O/c1-2-20(26)25(14-17-6-4-8-22-12-17)15-19-23-9-10-24(19)13-16-5-3-7-18(21)11-16/h3-12H,2,13-15H2,1H3. The second-order valence-electron chi connectivity index (χ2n) is 6.07. The van der Waals surface area contributed by atoms with E-state index in [4.69, 9.17) is 11.6 Å². The zero-order valence-corrected chi connectivity index (χ0v) is 15.4. The Hall–Kier alpha value is -2.66. The molecule has 0 aliphatic carbocycles. The van der Waals surface area contributed by atoms with Crippen LogP contribution in [0.4, 0.5) is 0 Å². The quantitative estimate of drug-likeness (QED) is 0.635. The summed E-state index contributed by atoms with van der Waals surface area (Å²) in [6.07, 6.45) is 7.66. The molecule has 0 N–H and O–H groups in total. The van der Waals surface area contributed by atoms with Crippen molar-refractivity contribution in [1.82, 2.24) is 19.4 Å². The predicted octanol–water partition coefficient (Wildman–Crippen LogP) is 3.92. The predicted molar refractivity (Wildman–Crippen MR) is 102 cm³/mol. The highest BCUT2D eigenvalue weighted by Gasteiger charge is 2.16. The van der Waals surface area contributed by atoms with Crippen molar-refractivity contribution in [1.29, 1.82) is 0 Å². The van der Waals surface area contributed by atoms with Gasteiger partial charge in [0.1, 0.15) is 5.82 Å². The van der Waals surface area contributed by atoms with Crippen LogP contribution in [0.25, 0.3) is 0 Å². The third kappa shape index (κ3) is 4.70. The molecule has 1 amide bonds. The fourth-order valence-corrected chi connectivity index (χ4v) is 3.02. The molecule has 2 heterocycles. The Morgan fingerprint density at radius 3 is 2.73 bits per heavy atom. The SMILES string of the molecule is CCC(=O)N(Cc1cccnc1)Cc1nccn1Cc1cccc(Cl)c1. The number of benzene rings is 1. The first-order valence-electron chi connectivity index (χ1n) is 8.57. The van der Waals surface area contributed by atoms with Crippen LogP contribution >= 0.6 is 11.6 Å². The van der Waals surface area contributed by atoms with Crippen LogP contribution in [0.1, 0.15) is 30.3 Å². The third-order valence-corrected chi connectivity index (χ3v) is 4.36.